The van der Waals surface area contributed by atoms with Crippen molar-refractivity contribution < 1.29 is 23.4 Å². The summed E-state index contributed by atoms with van der Waals surface area (Å²) in [6.07, 6.45) is -0.778. The molecule has 0 heterocycles. The number of carbonyl (C=O) groups excluding carboxylic acids is 1. The predicted octanol–water partition coefficient (Wildman–Crippen LogP) is 2.11. The van der Waals surface area contributed by atoms with Crippen molar-refractivity contribution in [2.24, 2.45) is 5.92 Å². The van der Waals surface area contributed by atoms with E-state index in [1.54, 1.807) is 20.8 Å². The first-order valence-corrected chi connectivity index (χ1v) is 6.45. The van der Waals surface area contributed by atoms with Gasteiger partial charge in [-0.2, -0.15) is 0 Å². The first-order chi connectivity index (χ1) is 9.38. The van der Waals surface area contributed by atoms with Crippen LogP contribution in [0.3, 0.4) is 0 Å². The van der Waals surface area contributed by atoms with E-state index >= 15 is 0 Å². The van der Waals surface area contributed by atoms with E-state index in [0.717, 1.165) is 12.1 Å². The van der Waals surface area contributed by atoms with Gasteiger partial charge >= 0.3 is 0 Å². The normalized spacial score (nSPS) is 12.3. The Hall–Kier alpha value is -1.69. The lowest BCUT2D eigenvalue weighted by atomic mass is 10.1. The van der Waals surface area contributed by atoms with E-state index in [4.69, 9.17) is 4.74 Å². The van der Waals surface area contributed by atoms with Crippen LogP contribution in [-0.2, 0) is 0 Å². The molecule has 0 radical (unpaired) electrons. The minimum atomic E-state index is -1.04. The van der Waals surface area contributed by atoms with Gasteiger partial charge in [0.1, 0.15) is 11.4 Å². The molecule has 6 heteroatoms. The van der Waals surface area contributed by atoms with Gasteiger partial charge in [-0.1, -0.05) is 13.8 Å². The van der Waals surface area contributed by atoms with E-state index in [2.05, 4.69) is 5.32 Å². The van der Waals surface area contributed by atoms with Gasteiger partial charge in [-0.15, -0.1) is 0 Å². The Kier molecular flexibility index (Phi) is 5.88. The lowest BCUT2D eigenvalue weighted by Crippen LogP contribution is -2.35. The van der Waals surface area contributed by atoms with Gasteiger partial charge in [-0.3, -0.25) is 4.79 Å². The Morgan fingerprint density at radius 2 is 2.05 bits per heavy atom. The largest absolute Gasteiger partial charge is 0.491 e. The quantitative estimate of drug-likeness (QED) is 0.842. The van der Waals surface area contributed by atoms with Crippen LogP contribution in [0.5, 0.6) is 5.75 Å². The Bertz CT molecular complexity index is 478. The van der Waals surface area contributed by atoms with Gasteiger partial charge in [0.25, 0.3) is 5.91 Å². The monoisotopic (exact) mass is 287 g/mol. The molecule has 1 aromatic carbocycles. The van der Waals surface area contributed by atoms with Crippen LogP contribution in [0, 0.1) is 17.6 Å². The maximum atomic E-state index is 14.0. The zero-order valence-electron chi connectivity index (χ0n) is 11.7. The number of hydrogen-bond acceptors (Lipinski definition) is 3. The highest BCUT2D eigenvalue weighted by Gasteiger charge is 2.22. The minimum Gasteiger partial charge on any atom is -0.491 e. The van der Waals surface area contributed by atoms with Crippen molar-refractivity contribution >= 4 is 5.91 Å². The molecule has 0 aliphatic carbocycles. The summed E-state index contributed by atoms with van der Waals surface area (Å²) in [5.74, 6) is -3.17. The highest BCUT2D eigenvalue weighted by atomic mass is 19.1. The number of rotatable bonds is 6. The maximum absolute atomic E-state index is 14.0. The molecule has 0 aliphatic rings. The highest BCUT2D eigenvalue weighted by molar-refractivity contribution is 5.95. The second-order valence-corrected chi connectivity index (χ2v) is 4.69. The lowest BCUT2D eigenvalue weighted by molar-refractivity contribution is 0.0863. The smallest absolute Gasteiger partial charge is 0.257 e. The molecule has 1 aromatic rings. The van der Waals surface area contributed by atoms with E-state index < -0.39 is 29.2 Å². The molecule has 0 bridgehead atoms. The summed E-state index contributed by atoms with van der Waals surface area (Å²) in [5, 5.41) is 11.9. The average Bonchev–Trinajstić information content (AvgIpc) is 2.39. The molecule has 1 amide bonds. The number of benzene rings is 1. The summed E-state index contributed by atoms with van der Waals surface area (Å²) in [4.78, 5) is 11.8. The second-order valence-electron chi connectivity index (χ2n) is 4.69. The molecule has 0 saturated heterocycles. The van der Waals surface area contributed by atoms with Crippen molar-refractivity contribution in [3.8, 4) is 5.75 Å². The van der Waals surface area contributed by atoms with Crippen molar-refractivity contribution in [3.63, 3.8) is 0 Å². The van der Waals surface area contributed by atoms with Gasteiger partial charge in [0.2, 0.25) is 0 Å². The van der Waals surface area contributed by atoms with Crippen molar-refractivity contribution in [1.29, 1.82) is 0 Å². The fraction of sp³-hybridized carbons (Fsp3) is 0.500. The lowest BCUT2D eigenvalue weighted by Gasteiger charge is -2.16. The fourth-order valence-electron chi connectivity index (χ4n) is 1.53. The van der Waals surface area contributed by atoms with Crippen molar-refractivity contribution in [2.75, 3.05) is 13.2 Å². The summed E-state index contributed by atoms with van der Waals surface area (Å²) in [6, 6.07) is 2.11. The topological polar surface area (TPSA) is 58.6 Å². The number of aliphatic hydroxyl groups excluding tert-OH is 1. The molecule has 20 heavy (non-hydrogen) atoms. The average molecular weight is 287 g/mol. The van der Waals surface area contributed by atoms with Crippen molar-refractivity contribution in [3.05, 3.63) is 29.3 Å². The minimum absolute atomic E-state index is 0.0697. The highest BCUT2D eigenvalue weighted by Crippen LogP contribution is 2.23. The van der Waals surface area contributed by atoms with Crippen LogP contribution >= 0.6 is 0 Å². The van der Waals surface area contributed by atoms with E-state index in [9.17, 15) is 18.7 Å². The Balaban J connectivity index is 2.89. The van der Waals surface area contributed by atoms with Crippen LogP contribution < -0.4 is 10.1 Å². The van der Waals surface area contributed by atoms with Gasteiger partial charge in [-0.05, 0) is 25.0 Å². The number of ether oxygens (including phenoxy) is 1. The molecule has 1 rings (SSSR count). The summed E-state index contributed by atoms with van der Waals surface area (Å²) >= 11 is 0. The molecule has 0 fully saturated rings. The zero-order valence-corrected chi connectivity index (χ0v) is 11.7. The third-order valence-electron chi connectivity index (χ3n) is 2.82. The standard InChI is InChI=1S/C14H19F2NO3/c1-4-20-11-6-5-9(15)12(13(11)16)14(19)17-7-10(18)8(2)3/h5-6,8,10,18H,4,7H2,1-3H3,(H,17,19). The summed E-state index contributed by atoms with van der Waals surface area (Å²) < 4.78 is 32.5. The van der Waals surface area contributed by atoms with Gasteiger partial charge in [0, 0.05) is 6.54 Å². The van der Waals surface area contributed by atoms with Crippen LogP contribution in [0.15, 0.2) is 12.1 Å². The number of amides is 1. The first kappa shape index (κ1) is 16.4. The van der Waals surface area contributed by atoms with Crippen molar-refractivity contribution in [2.45, 2.75) is 26.9 Å². The van der Waals surface area contributed by atoms with Crippen LogP contribution in [0.1, 0.15) is 31.1 Å². The summed E-state index contributed by atoms with van der Waals surface area (Å²) in [7, 11) is 0. The Labute approximate surface area is 116 Å². The maximum Gasteiger partial charge on any atom is 0.257 e. The molecule has 1 unspecified atom stereocenters. The molecule has 0 saturated carbocycles. The molecule has 1 atom stereocenters. The van der Waals surface area contributed by atoms with Crippen LogP contribution in [0.25, 0.3) is 0 Å². The SMILES string of the molecule is CCOc1ccc(F)c(C(=O)NCC(O)C(C)C)c1F. The molecule has 0 spiro atoms. The van der Waals surface area contributed by atoms with Gasteiger partial charge in [0.05, 0.1) is 12.7 Å². The first-order valence-electron chi connectivity index (χ1n) is 6.45. The van der Waals surface area contributed by atoms with E-state index in [0.29, 0.717) is 0 Å². The number of carbonyl (C=O) groups is 1. The fourth-order valence-corrected chi connectivity index (χ4v) is 1.53. The zero-order chi connectivity index (χ0) is 15.3. The van der Waals surface area contributed by atoms with Gasteiger partial charge in [0.15, 0.2) is 11.6 Å². The second kappa shape index (κ2) is 7.19. The molecule has 2 N–H and O–H groups in total. The van der Waals surface area contributed by atoms with E-state index in [1.807, 2.05) is 0 Å². The third kappa shape index (κ3) is 3.90. The summed E-state index contributed by atoms with van der Waals surface area (Å²) in [5.41, 5.74) is -0.702. The molecule has 112 valence electrons. The van der Waals surface area contributed by atoms with Gasteiger partial charge < -0.3 is 15.2 Å². The molecule has 0 aromatic heterocycles. The molecule has 0 aliphatic heterocycles. The predicted molar refractivity (Wildman–Crippen MR) is 70.7 cm³/mol. The van der Waals surface area contributed by atoms with E-state index in [-0.39, 0.29) is 24.8 Å². The number of aliphatic hydroxyl groups is 1. The van der Waals surface area contributed by atoms with Crippen LogP contribution in [0.4, 0.5) is 8.78 Å². The number of nitrogens with one attached hydrogen (secondary N) is 1. The van der Waals surface area contributed by atoms with Crippen molar-refractivity contribution in [1.82, 2.24) is 5.32 Å². The molecule has 4 nitrogen and oxygen atoms in total. The Morgan fingerprint density at radius 3 is 2.60 bits per heavy atom. The number of halogens is 2. The van der Waals surface area contributed by atoms with Gasteiger partial charge in [-0.25, -0.2) is 8.78 Å². The van der Waals surface area contributed by atoms with Crippen LogP contribution in [0.2, 0.25) is 0 Å². The molecular weight excluding hydrogens is 268 g/mol. The van der Waals surface area contributed by atoms with Crippen LogP contribution in [-0.4, -0.2) is 30.3 Å². The summed E-state index contributed by atoms with van der Waals surface area (Å²) in [6.45, 7) is 5.33. The molecular formula is C14H19F2NO3. The third-order valence-corrected chi connectivity index (χ3v) is 2.82. The number of hydrogen-bond donors (Lipinski definition) is 2. The van der Waals surface area contributed by atoms with E-state index in [1.165, 1.54) is 0 Å². The Morgan fingerprint density at radius 1 is 1.40 bits per heavy atom.